The zero-order chi connectivity index (χ0) is 14.3. The zero-order valence-corrected chi connectivity index (χ0v) is 13.0. The first-order valence-corrected chi connectivity index (χ1v) is 7.49. The first-order valence-electron chi connectivity index (χ1n) is 6.37. The maximum Gasteiger partial charge on any atom is 0.224 e. The molecule has 0 spiro atoms. The normalized spacial score (nSPS) is 10.8. The molecule has 0 radical (unpaired) electrons. The fraction of sp³-hybridized carbons (Fsp3) is 0.467. The molecule has 0 saturated heterocycles. The molecule has 0 heterocycles. The first kappa shape index (κ1) is 15.7. The van der Waals surface area contributed by atoms with Gasteiger partial charge in [0.25, 0.3) is 0 Å². The lowest BCUT2D eigenvalue weighted by Crippen LogP contribution is -2.14. The highest BCUT2D eigenvalue weighted by Gasteiger charge is 2.19. The van der Waals surface area contributed by atoms with Gasteiger partial charge in [-0.15, -0.1) is 0 Å². The summed E-state index contributed by atoms with van der Waals surface area (Å²) in [6.07, 6.45) is 2.43. The van der Waals surface area contributed by atoms with Crippen molar-refractivity contribution in [3.63, 3.8) is 0 Å². The van der Waals surface area contributed by atoms with Crippen LogP contribution >= 0.6 is 15.9 Å². The molecule has 0 aromatic heterocycles. The van der Waals surface area contributed by atoms with Crippen molar-refractivity contribution in [2.75, 3.05) is 10.6 Å². The van der Waals surface area contributed by atoms with Crippen molar-refractivity contribution in [1.82, 2.24) is 0 Å². The second kappa shape index (κ2) is 7.30. The average molecular weight is 323 g/mol. The molecule has 0 aliphatic heterocycles. The Morgan fingerprint density at radius 1 is 1.32 bits per heavy atom. The van der Waals surface area contributed by atoms with Crippen molar-refractivity contribution in [3.05, 3.63) is 29.8 Å². The lowest BCUT2D eigenvalue weighted by atomic mass is 9.86. The van der Waals surface area contributed by atoms with Gasteiger partial charge in [-0.1, -0.05) is 28.1 Å². The summed E-state index contributed by atoms with van der Waals surface area (Å²) in [6, 6.07) is 9.72. The van der Waals surface area contributed by atoms with Crippen molar-refractivity contribution >= 4 is 27.5 Å². The lowest BCUT2D eigenvalue weighted by molar-refractivity contribution is -0.116. The quantitative estimate of drug-likeness (QED) is 0.636. The standard InChI is InChI=1S/C15H19BrN2O/c1-15(2,11-17)12-6-8-13(9-7-12)18-14(19)5-3-4-10-16/h6-9H,3-5,10H2,1-2H3,(H,18,19). The molecule has 1 aromatic carbocycles. The topological polar surface area (TPSA) is 52.9 Å². The maximum atomic E-state index is 11.6. The van der Waals surface area contributed by atoms with Gasteiger partial charge < -0.3 is 5.32 Å². The van der Waals surface area contributed by atoms with E-state index in [-0.39, 0.29) is 5.91 Å². The summed E-state index contributed by atoms with van der Waals surface area (Å²) in [6.45, 7) is 3.75. The third kappa shape index (κ3) is 5.04. The van der Waals surface area contributed by atoms with Gasteiger partial charge in [0.2, 0.25) is 5.91 Å². The second-order valence-corrected chi connectivity index (χ2v) is 5.80. The molecule has 0 saturated carbocycles. The Labute approximate surface area is 123 Å². The molecule has 102 valence electrons. The van der Waals surface area contributed by atoms with Crippen LogP contribution in [0.4, 0.5) is 5.69 Å². The molecule has 0 bridgehead atoms. The molecule has 4 heteroatoms. The van der Waals surface area contributed by atoms with Gasteiger partial charge in [-0.05, 0) is 44.4 Å². The van der Waals surface area contributed by atoms with E-state index in [9.17, 15) is 4.79 Å². The van der Waals surface area contributed by atoms with E-state index in [0.717, 1.165) is 29.4 Å². The molecule has 0 aliphatic carbocycles. The molecule has 1 rings (SSSR count). The van der Waals surface area contributed by atoms with Gasteiger partial charge in [-0.3, -0.25) is 4.79 Å². The minimum atomic E-state index is -0.502. The van der Waals surface area contributed by atoms with Crippen LogP contribution in [0.15, 0.2) is 24.3 Å². The number of alkyl halides is 1. The number of hydrogen-bond donors (Lipinski definition) is 1. The molecule has 1 N–H and O–H groups in total. The molecular formula is C15H19BrN2O. The van der Waals surface area contributed by atoms with E-state index in [0.29, 0.717) is 6.42 Å². The summed E-state index contributed by atoms with van der Waals surface area (Å²) in [5.41, 5.74) is 1.23. The summed E-state index contributed by atoms with van der Waals surface area (Å²) in [7, 11) is 0. The predicted molar refractivity (Wildman–Crippen MR) is 81.4 cm³/mol. The predicted octanol–water partition coefficient (Wildman–Crippen LogP) is 3.99. The van der Waals surface area contributed by atoms with E-state index < -0.39 is 5.41 Å². The van der Waals surface area contributed by atoms with Crippen LogP contribution in [0.2, 0.25) is 0 Å². The molecule has 3 nitrogen and oxygen atoms in total. The van der Waals surface area contributed by atoms with E-state index in [1.54, 1.807) is 0 Å². The van der Waals surface area contributed by atoms with Crippen LogP contribution in [-0.2, 0) is 10.2 Å². The monoisotopic (exact) mass is 322 g/mol. The number of nitriles is 1. The minimum absolute atomic E-state index is 0.0354. The number of unbranched alkanes of at least 4 members (excludes halogenated alkanes) is 1. The van der Waals surface area contributed by atoms with Gasteiger partial charge in [0.1, 0.15) is 0 Å². The third-order valence-electron chi connectivity index (χ3n) is 2.96. The van der Waals surface area contributed by atoms with Gasteiger partial charge in [-0.25, -0.2) is 0 Å². The first-order chi connectivity index (χ1) is 8.99. The Balaban J connectivity index is 2.58. The van der Waals surface area contributed by atoms with Crippen molar-refractivity contribution in [2.24, 2.45) is 0 Å². The number of anilines is 1. The lowest BCUT2D eigenvalue weighted by Gasteiger charge is -2.16. The Kier molecular flexibility index (Phi) is 6.04. The number of nitrogens with one attached hydrogen (secondary N) is 1. The summed E-state index contributed by atoms with van der Waals surface area (Å²) >= 11 is 3.34. The molecule has 19 heavy (non-hydrogen) atoms. The van der Waals surface area contributed by atoms with Crippen molar-refractivity contribution in [1.29, 1.82) is 5.26 Å². The SMILES string of the molecule is CC(C)(C#N)c1ccc(NC(=O)CCCCBr)cc1. The molecule has 0 fully saturated rings. The number of amides is 1. The Morgan fingerprint density at radius 3 is 2.47 bits per heavy atom. The number of nitrogens with zero attached hydrogens (tertiary/aromatic N) is 1. The molecule has 1 aromatic rings. The van der Waals surface area contributed by atoms with E-state index in [1.807, 2.05) is 38.1 Å². The van der Waals surface area contributed by atoms with Crippen molar-refractivity contribution in [2.45, 2.75) is 38.5 Å². The molecule has 0 atom stereocenters. The number of carbonyl (C=O) groups excluding carboxylic acids is 1. The van der Waals surface area contributed by atoms with Crippen molar-refractivity contribution in [3.8, 4) is 6.07 Å². The van der Waals surface area contributed by atoms with Crippen LogP contribution < -0.4 is 5.32 Å². The Bertz CT molecular complexity index is 460. The van der Waals surface area contributed by atoms with Crippen LogP contribution in [-0.4, -0.2) is 11.2 Å². The van der Waals surface area contributed by atoms with Gasteiger partial charge in [0, 0.05) is 17.4 Å². The molecule has 0 aliphatic rings. The zero-order valence-electron chi connectivity index (χ0n) is 11.4. The number of rotatable bonds is 6. The van der Waals surface area contributed by atoms with E-state index in [1.165, 1.54) is 0 Å². The highest BCUT2D eigenvalue weighted by atomic mass is 79.9. The number of hydrogen-bond acceptors (Lipinski definition) is 2. The largest absolute Gasteiger partial charge is 0.326 e. The van der Waals surface area contributed by atoms with Crippen LogP contribution in [0.25, 0.3) is 0 Å². The van der Waals surface area contributed by atoms with Crippen LogP contribution in [0, 0.1) is 11.3 Å². The van der Waals surface area contributed by atoms with Gasteiger partial charge in [0.05, 0.1) is 11.5 Å². The number of carbonyl (C=O) groups is 1. The fourth-order valence-electron chi connectivity index (χ4n) is 1.64. The average Bonchev–Trinajstić information content (AvgIpc) is 2.39. The second-order valence-electron chi connectivity index (χ2n) is 5.01. The van der Waals surface area contributed by atoms with E-state index >= 15 is 0 Å². The molecule has 1 amide bonds. The molecule has 0 unspecified atom stereocenters. The van der Waals surface area contributed by atoms with E-state index in [2.05, 4.69) is 27.3 Å². The summed E-state index contributed by atoms with van der Waals surface area (Å²) in [5, 5.41) is 12.8. The summed E-state index contributed by atoms with van der Waals surface area (Å²) in [4.78, 5) is 11.6. The highest BCUT2D eigenvalue weighted by Crippen LogP contribution is 2.23. The Hall–Kier alpha value is -1.34. The van der Waals surface area contributed by atoms with Gasteiger partial charge >= 0.3 is 0 Å². The molecular weight excluding hydrogens is 304 g/mol. The summed E-state index contributed by atoms with van der Waals surface area (Å²) < 4.78 is 0. The van der Waals surface area contributed by atoms with Crippen molar-refractivity contribution < 1.29 is 4.79 Å². The smallest absolute Gasteiger partial charge is 0.224 e. The van der Waals surface area contributed by atoms with Crippen LogP contribution in [0.3, 0.4) is 0 Å². The highest BCUT2D eigenvalue weighted by molar-refractivity contribution is 9.09. The van der Waals surface area contributed by atoms with Gasteiger partial charge in [-0.2, -0.15) is 5.26 Å². The number of benzene rings is 1. The number of halogens is 1. The minimum Gasteiger partial charge on any atom is -0.326 e. The Morgan fingerprint density at radius 2 is 1.95 bits per heavy atom. The summed E-state index contributed by atoms with van der Waals surface area (Å²) in [5.74, 6) is 0.0354. The van der Waals surface area contributed by atoms with E-state index in [4.69, 9.17) is 5.26 Å². The van der Waals surface area contributed by atoms with Gasteiger partial charge in [0.15, 0.2) is 0 Å². The maximum absolute atomic E-state index is 11.6. The van der Waals surface area contributed by atoms with Crippen LogP contribution in [0.1, 0.15) is 38.7 Å². The van der Waals surface area contributed by atoms with Crippen LogP contribution in [0.5, 0.6) is 0 Å². The third-order valence-corrected chi connectivity index (χ3v) is 3.52. The fourth-order valence-corrected chi connectivity index (χ4v) is 2.03.